The fourth-order valence-electron chi connectivity index (χ4n) is 1.65. The predicted molar refractivity (Wildman–Crippen MR) is 50.3 cm³/mol. The van der Waals surface area contributed by atoms with Crippen molar-refractivity contribution < 1.29 is 4.79 Å². The molecular formula is C9H16ClNO. The van der Waals surface area contributed by atoms with Crippen LogP contribution in [0.2, 0.25) is 0 Å². The molecule has 0 aliphatic heterocycles. The highest BCUT2D eigenvalue weighted by atomic mass is 35.5. The van der Waals surface area contributed by atoms with Gasteiger partial charge >= 0.3 is 0 Å². The third-order valence-corrected chi connectivity index (χ3v) is 2.57. The summed E-state index contributed by atoms with van der Waals surface area (Å²) in [6.45, 7) is 0.857. The molecule has 0 aromatic carbocycles. The fraction of sp³-hybridized carbons (Fsp3) is 0.889. The highest BCUT2D eigenvalue weighted by molar-refractivity contribution is 6.18. The number of alkyl halides is 1. The van der Waals surface area contributed by atoms with Crippen LogP contribution in [0.4, 0.5) is 0 Å². The van der Waals surface area contributed by atoms with Gasteiger partial charge in [0.25, 0.3) is 0 Å². The lowest BCUT2D eigenvalue weighted by atomic mass is 10.1. The van der Waals surface area contributed by atoms with Gasteiger partial charge in [0.1, 0.15) is 0 Å². The standard InChI is InChI=1S/C9H16ClNO/c10-6-5-9(12)11-7-8-3-1-2-4-8/h8H,1-7H2,(H,11,12). The van der Waals surface area contributed by atoms with Crippen LogP contribution in [0.5, 0.6) is 0 Å². The first-order valence-electron chi connectivity index (χ1n) is 4.65. The molecule has 2 nitrogen and oxygen atoms in total. The molecule has 0 bridgehead atoms. The van der Waals surface area contributed by atoms with Crippen LogP contribution in [0.25, 0.3) is 0 Å². The van der Waals surface area contributed by atoms with Gasteiger partial charge in [0.2, 0.25) is 5.91 Å². The molecule has 1 rings (SSSR count). The van der Waals surface area contributed by atoms with Crippen LogP contribution in [0, 0.1) is 5.92 Å². The summed E-state index contributed by atoms with van der Waals surface area (Å²) in [7, 11) is 0. The molecule has 3 heteroatoms. The molecule has 1 N–H and O–H groups in total. The maximum atomic E-state index is 11.0. The molecule has 1 amide bonds. The first-order valence-corrected chi connectivity index (χ1v) is 5.19. The van der Waals surface area contributed by atoms with E-state index in [4.69, 9.17) is 11.6 Å². The van der Waals surface area contributed by atoms with E-state index in [0.29, 0.717) is 12.3 Å². The van der Waals surface area contributed by atoms with E-state index in [9.17, 15) is 4.79 Å². The van der Waals surface area contributed by atoms with Crippen molar-refractivity contribution in [2.75, 3.05) is 12.4 Å². The highest BCUT2D eigenvalue weighted by Crippen LogP contribution is 2.23. The van der Waals surface area contributed by atoms with Crippen LogP contribution in [-0.2, 0) is 4.79 Å². The number of carbonyl (C=O) groups excluding carboxylic acids is 1. The van der Waals surface area contributed by atoms with E-state index in [1.807, 2.05) is 0 Å². The van der Waals surface area contributed by atoms with Gasteiger partial charge < -0.3 is 5.32 Å². The first kappa shape index (κ1) is 9.85. The van der Waals surface area contributed by atoms with E-state index >= 15 is 0 Å². The number of nitrogens with one attached hydrogen (secondary N) is 1. The van der Waals surface area contributed by atoms with Gasteiger partial charge in [0.15, 0.2) is 0 Å². The molecule has 1 fully saturated rings. The van der Waals surface area contributed by atoms with Crippen molar-refractivity contribution in [2.45, 2.75) is 32.1 Å². The summed E-state index contributed by atoms with van der Waals surface area (Å²) < 4.78 is 0. The van der Waals surface area contributed by atoms with Crippen molar-refractivity contribution in [3.05, 3.63) is 0 Å². The Labute approximate surface area is 78.7 Å². The summed E-state index contributed by atoms with van der Waals surface area (Å²) in [4.78, 5) is 11.0. The Hall–Kier alpha value is -0.240. The average Bonchev–Trinajstić information content (AvgIpc) is 2.53. The molecule has 1 saturated carbocycles. The molecule has 0 radical (unpaired) electrons. The fourth-order valence-corrected chi connectivity index (χ4v) is 1.82. The van der Waals surface area contributed by atoms with E-state index in [2.05, 4.69) is 5.32 Å². The van der Waals surface area contributed by atoms with Gasteiger partial charge in [-0.25, -0.2) is 0 Å². The minimum absolute atomic E-state index is 0.0944. The minimum Gasteiger partial charge on any atom is -0.356 e. The number of carbonyl (C=O) groups is 1. The molecule has 0 atom stereocenters. The second kappa shape index (κ2) is 5.41. The predicted octanol–water partition coefficient (Wildman–Crippen LogP) is 1.92. The topological polar surface area (TPSA) is 29.1 Å². The van der Waals surface area contributed by atoms with Crippen molar-refractivity contribution in [1.29, 1.82) is 0 Å². The van der Waals surface area contributed by atoms with Crippen LogP contribution >= 0.6 is 11.6 Å². The number of hydrogen-bond donors (Lipinski definition) is 1. The monoisotopic (exact) mass is 189 g/mol. The van der Waals surface area contributed by atoms with E-state index in [1.54, 1.807) is 0 Å². The summed E-state index contributed by atoms with van der Waals surface area (Å²) in [6, 6.07) is 0. The van der Waals surface area contributed by atoms with E-state index in [0.717, 1.165) is 12.5 Å². The van der Waals surface area contributed by atoms with E-state index in [1.165, 1.54) is 25.7 Å². The molecule has 1 aliphatic rings. The average molecular weight is 190 g/mol. The summed E-state index contributed by atoms with van der Waals surface area (Å²) in [6.07, 6.45) is 5.67. The Morgan fingerprint density at radius 1 is 1.42 bits per heavy atom. The molecule has 0 spiro atoms. The Morgan fingerprint density at radius 2 is 2.08 bits per heavy atom. The lowest BCUT2D eigenvalue weighted by molar-refractivity contribution is -0.120. The Morgan fingerprint density at radius 3 is 2.67 bits per heavy atom. The quantitative estimate of drug-likeness (QED) is 0.673. The maximum absolute atomic E-state index is 11.0. The van der Waals surface area contributed by atoms with Gasteiger partial charge in [-0.1, -0.05) is 12.8 Å². The van der Waals surface area contributed by atoms with Gasteiger partial charge in [-0.3, -0.25) is 4.79 Å². The summed E-state index contributed by atoms with van der Waals surface area (Å²) in [5.74, 6) is 1.25. The van der Waals surface area contributed by atoms with Crippen molar-refractivity contribution in [2.24, 2.45) is 5.92 Å². The second-order valence-electron chi connectivity index (χ2n) is 3.39. The van der Waals surface area contributed by atoms with Crippen LogP contribution in [-0.4, -0.2) is 18.3 Å². The molecule has 0 aromatic rings. The van der Waals surface area contributed by atoms with Gasteiger partial charge in [0, 0.05) is 18.8 Å². The van der Waals surface area contributed by atoms with Gasteiger partial charge in [0.05, 0.1) is 0 Å². The summed E-state index contributed by atoms with van der Waals surface area (Å²) in [5, 5.41) is 2.90. The Balaban J connectivity index is 2.03. The number of halogens is 1. The number of rotatable bonds is 4. The molecular weight excluding hydrogens is 174 g/mol. The smallest absolute Gasteiger partial charge is 0.221 e. The lowest BCUT2D eigenvalue weighted by Gasteiger charge is -2.09. The van der Waals surface area contributed by atoms with Crippen molar-refractivity contribution in [1.82, 2.24) is 5.32 Å². The SMILES string of the molecule is O=C(CCCl)NCC1CCCC1. The highest BCUT2D eigenvalue weighted by Gasteiger charge is 2.15. The lowest BCUT2D eigenvalue weighted by Crippen LogP contribution is -2.28. The molecule has 0 saturated heterocycles. The van der Waals surface area contributed by atoms with Crippen LogP contribution < -0.4 is 5.32 Å². The second-order valence-corrected chi connectivity index (χ2v) is 3.77. The third kappa shape index (κ3) is 3.44. The maximum Gasteiger partial charge on any atom is 0.221 e. The number of hydrogen-bond acceptors (Lipinski definition) is 1. The van der Waals surface area contributed by atoms with E-state index in [-0.39, 0.29) is 5.91 Å². The zero-order valence-corrected chi connectivity index (χ0v) is 8.07. The summed E-state index contributed by atoms with van der Waals surface area (Å²) in [5.41, 5.74) is 0. The zero-order chi connectivity index (χ0) is 8.81. The summed E-state index contributed by atoms with van der Waals surface area (Å²) >= 11 is 5.43. The third-order valence-electron chi connectivity index (χ3n) is 2.38. The van der Waals surface area contributed by atoms with Crippen molar-refractivity contribution >= 4 is 17.5 Å². The molecule has 0 heterocycles. The van der Waals surface area contributed by atoms with Crippen LogP contribution in [0.3, 0.4) is 0 Å². The molecule has 1 aliphatic carbocycles. The largest absolute Gasteiger partial charge is 0.356 e. The van der Waals surface area contributed by atoms with Crippen molar-refractivity contribution in [3.63, 3.8) is 0 Å². The normalized spacial score (nSPS) is 18.1. The van der Waals surface area contributed by atoms with Crippen LogP contribution in [0.15, 0.2) is 0 Å². The Kier molecular flexibility index (Phi) is 4.44. The van der Waals surface area contributed by atoms with Gasteiger partial charge in [-0.2, -0.15) is 0 Å². The number of amides is 1. The van der Waals surface area contributed by atoms with E-state index < -0.39 is 0 Å². The Bertz CT molecular complexity index is 143. The minimum atomic E-state index is 0.0944. The molecule has 0 unspecified atom stereocenters. The van der Waals surface area contributed by atoms with Crippen LogP contribution in [0.1, 0.15) is 32.1 Å². The molecule has 70 valence electrons. The van der Waals surface area contributed by atoms with Crippen molar-refractivity contribution in [3.8, 4) is 0 Å². The van der Waals surface area contributed by atoms with Gasteiger partial charge in [-0.15, -0.1) is 11.6 Å². The zero-order valence-electron chi connectivity index (χ0n) is 7.31. The molecule has 0 aromatic heterocycles. The molecule has 12 heavy (non-hydrogen) atoms. The van der Waals surface area contributed by atoms with Gasteiger partial charge in [-0.05, 0) is 18.8 Å². The first-order chi connectivity index (χ1) is 5.83.